The number of amides is 1. The van der Waals surface area contributed by atoms with Gasteiger partial charge in [-0.1, -0.05) is 0 Å². The van der Waals surface area contributed by atoms with E-state index < -0.39 is 5.60 Å². The number of carbonyl (C=O) groups excluding carboxylic acids is 1. The van der Waals surface area contributed by atoms with Crippen LogP contribution in [0.2, 0.25) is 0 Å². The molecular formula is C20H39NO8. The van der Waals surface area contributed by atoms with E-state index in [9.17, 15) is 4.79 Å². The number of ether oxygens (including phenoxy) is 6. The molecule has 0 aromatic heterocycles. The van der Waals surface area contributed by atoms with Crippen molar-refractivity contribution in [2.45, 2.75) is 45.3 Å². The van der Waals surface area contributed by atoms with Gasteiger partial charge in [-0.05, 0) is 39.5 Å². The van der Waals surface area contributed by atoms with Crippen LogP contribution >= 0.6 is 0 Å². The minimum Gasteiger partial charge on any atom is -0.444 e. The maximum atomic E-state index is 11.7. The van der Waals surface area contributed by atoms with E-state index in [1.165, 1.54) is 0 Å². The molecule has 0 spiro atoms. The predicted molar refractivity (Wildman–Crippen MR) is 107 cm³/mol. The molecule has 9 heteroatoms. The molecule has 1 aliphatic carbocycles. The third-order valence-electron chi connectivity index (χ3n) is 4.03. The van der Waals surface area contributed by atoms with E-state index in [2.05, 4.69) is 5.32 Å². The molecule has 1 saturated carbocycles. The molecule has 172 valence electrons. The second-order valence-electron chi connectivity index (χ2n) is 7.93. The number of hydrogen-bond donors (Lipinski definition) is 2. The molecule has 1 rings (SSSR count). The minimum atomic E-state index is -0.467. The Kier molecular flexibility index (Phi) is 14.2. The molecule has 0 aromatic rings. The van der Waals surface area contributed by atoms with Crippen molar-refractivity contribution in [1.29, 1.82) is 0 Å². The SMILES string of the molecule is CC(C)(C)OC(=O)N[C@H]1C[C@H](COCCOCCOCCOCCOCCO)C1. The number of alkyl carbamates (subject to hydrolysis) is 1. The molecule has 0 bridgehead atoms. The highest BCUT2D eigenvalue weighted by atomic mass is 16.6. The third-order valence-corrected chi connectivity index (χ3v) is 4.03. The summed E-state index contributed by atoms with van der Waals surface area (Å²) < 4.78 is 32.1. The van der Waals surface area contributed by atoms with E-state index >= 15 is 0 Å². The van der Waals surface area contributed by atoms with Crippen molar-refractivity contribution in [1.82, 2.24) is 5.32 Å². The second-order valence-corrected chi connectivity index (χ2v) is 7.93. The normalized spacial score (nSPS) is 19.0. The maximum absolute atomic E-state index is 11.7. The Morgan fingerprint density at radius 3 is 1.72 bits per heavy atom. The van der Waals surface area contributed by atoms with Crippen LogP contribution in [0.15, 0.2) is 0 Å². The molecule has 0 heterocycles. The van der Waals surface area contributed by atoms with Gasteiger partial charge in [-0.3, -0.25) is 0 Å². The summed E-state index contributed by atoms with van der Waals surface area (Å²) in [4.78, 5) is 11.7. The first-order valence-electron chi connectivity index (χ1n) is 10.4. The molecule has 1 aliphatic rings. The van der Waals surface area contributed by atoms with Gasteiger partial charge in [0.05, 0.1) is 66.1 Å². The van der Waals surface area contributed by atoms with Crippen LogP contribution in [0.3, 0.4) is 0 Å². The zero-order chi connectivity index (χ0) is 21.4. The van der Waals surface area contributed by atoms with Crippen LogP contribution in [0.25, 0.3) is 0 Å². The van der Waals surface area contributed by atoms with Crippen molar-refractivity contribution < 1.29 is 38.3 Å². The molecule has 0 atom stereocenters. The van der Waals surface area contributed by atoms with Crippen molar-refractivity contribution in [2.75, 3.05) is 72.7 Å². The Bertz CT molecular complexity index is 410. The lowest BCUT2D eigenvalue weighted by Gasteiger charge is -2.35. The highest BCUT2D eigenvalue weighted by molar-refractivity contribution is 5.68. The van der Waals surface area contributed by atoms with Crippen LogP contribution in [0.4, 0.5) is 4.79 Å². The summed E-state index contributed by atoms with van der Waals surface area (Å²) >= 11 is 0. The smallest absolute Gasteiger partial charge is 0.407 e. The van der Waals surface area contributed by atoms with Crippen LogP contribution in [0, 0.1) is 5.92 Å². The first-order chi connectivity index (χ1) is 13.9. The highest BCUT2D eigenvalue weighted by Crippen LogP contribution is 2.27. The Morgan fingerprint density at radius 2 is 1.28 bits per heavy atom. The van der Waals surface area contributed by atoms with E-state index in [-0.39, 0.29) is 18.7 Å². The van der Waals surface area contributed by atoms with Gasteiger partial charge in [-0.15, -0.1) is 0 Å². The molecule has 0 aromatic carbocycles. The number of hydrogen-bond acceptors (Lipinski definition) is 8. The highest BCUT2D eigenvalue weighted by Gasteiger charge is 2.31. The number of aliphatic hydroxyl groups is 1. The van der Waals surface area contributed by atoms with Crippen LogP contribution < -0.4 is 5.32 Å². The lowest BCUT2D eigenvalue weighted by molar-refractivity contribution is -0.0197. The van der Waals surface area contributed by atoms with Crippen LogP contribution in [-0.2, 0) is 28.4 Å². The number of carbonyl (C=O) groups is 1. The summed E-state index contributed by atoms with van der Waals surface area (Å²) in [5.74, 6) is 0.479. The van der Waals surface area contributed by atoms with E-state index in [4.69, 9.17) is 33.5 Å². The van der Waals surface area contributed by atoms with Gasteiger partial charge < -0.3 is 38.8 Å². The lowest BCUT2D eigenvalue weighted by Crippen LogP contribution is -2.47. The third kappa shape index (κ3) is 15.5. The first kappa shape index (κ1) is 26.1. The summed E-state index contributed by atoms with van der Waals surface area (Å²) in [5.41, 5.74) is -0.467. The maximum Gasteiger partial charge on any atom is 0.407 e. The number of rotatable bonds is 17. The van der Waals surface area contributed by atoms with Gasteiger partial charge in [0.1, 0.15) is 5.60 Å². The Balaban J connectivity index is 1.77. The van der Waals surface area contributed by atoms with Crippen LogP contribution in [0.1, 0.15) is 33.6 Å². The standard InChI is InChI=1S/C20H39NO8/c1-20(2,3)29-19(23)21-18-14-17(15-18)16-28-13-12-27-11-10-26-9-8-25-7-6-24-5-4-22/h17-18,22H,4-16H2,1-3H3,(H,21,23)/t17-,18-. The van der Waals surface area contributed by atoms with Gasteiger partial charge in [-0.2, -0.15) is 0 Å². The summed E-state index contributed by atoms with van der Waals surface area (Å²) in [5, 5.41) is 11.4. The molecular weight excluding hydrogens is 382 g/mol. The van der Waals surface area contributed by atoms with Gasteiger partial charge in [0.15, 0.2) is 0 Å². The van der Waals surface area contributed by atoms with Gasteiger partial charge in [0.25, 0.3) is 0 Å². The summed E-state index contributed by atoms with van der Waals surface area (Å²) in [6.45, 7) is 10.7. The van der Waals surface area contributed by atoms with Gasteiger partial charge >= 0.3 is 6.09 Å². The molecule has 0 radical (unpaired) electrons. The van der Waals surface area contributed by atoms with Crippen molar-refractivity contribution in [2.24, 2.45) is 5.92 Å². The van der Waals surface area contributed by atoms with E-state index in [0.29, 0.717) is 72.0 Å². The number of nitrogens with one attached hydrogen (secondary N) is 1. The van der Waals surface area contributed by atoms with Crippen molar-refractivity contribution in [3.63, 3.8) is 0 Å². The van der Waals surface area contributed by atoms with Crippen LogP contribution in [0.5, 0.6) is 0 Å². The fraction of sp³-hybridized carbons (Fsp3) is 0.950. The first-order valence-corrected chi connectivity index (χ1v) is 10.4. The monoisotopic (exact) mass is 421 g/mol. The Labute approximate surface area is 174 Å². The Hall–Kier alpha value is -0.970. The Morgan fingerprint density at radius 1 is 0.828 bits per heavy atom. The molecule has 29 heavy (non-hydrogen) atoms. The van der Waals surface area contributed by atoms with E-state index in [1.807, 2.05) is 20.8 Å². The average molecular weight is 422 g/mol. The predicted octanol–water partition coefficient (Wildman–Crippen LogP) is 1.37. The summed E-state index contributed by atoms with van der Waals surface area (Å²) in [6, 6.07) is 0.184. The van der Waals surface area contributed by atoms with E-state index in [1.54, 1.807) is 0 Å². The zero-order valence-corrected chi connectivity index (χ0v) is 18.2. The summed E-state index contributed by atoms with van der Waals surface area (Å²) in [6.07, 6.45) is 1.49. The summed E-state index contributed by atoms with van der Waals surface area (Å²) in [7, 11) is 0. The zero-order valence-electron chi connectivity index (χ0n) is 18.2. The largest absolute Gasteiger partial charge is 0.444 e. The molecule has 1 fully saturated rings. The average Bonchev–Trinajstić information content (AvgIpc) is 2.60. The van der Waals surface area contributed by atoms with Crippen LogP contribution in [-0.4, -0.2) is 95.5 Å². The van der Waals surface area contributed by atoms with Gasteiger partial charge in [-0.25, -0.2) is 4.79 Å². The molecule has 0 unspecified atom stereocenters. The number of aliphatic hydroxyl groups excluding tert-OH is 1. The molecule has 1 amide bonds. The fourth-order valence-corrected chi connectivity index (χ4v) is 2.66. The second kappa shape index (κ2) is 15.8. The minimum absolute atomic E-state index is 0.0303. The topological polar surface area (TPSA) is 105 Å². The van der Waals surface area contributed by atoms with Crippen molar-refractivity contribution in [3.05, 3.63) is 0 Å². The molecule has 2 N–H and O–H groups in total. The fourth-order valence-electron chi connectivity index (χ4n) is 2.66. The lowest BCUT2D eigenvalue weighted by atomic mass is 9.81. The van der Waals surface area contributed by atoms with Gasteiger partial charge in [0.2, 0.25) is 0 Å². The molecule has 0 saturated heterocycles. The van der Waals surface area contributed by atoms with Gasteiger partial charge in [0, 0.05) is 12.6 Å². The van der Waals surface area contributed by atoms with Crippen molar-refractivity contribution in [3.8, 4) is 0 Å². The van der Waals surface area contributed by atoms with Crippen molar-refractivity contribution >= 4 is 6.09 Å². The molecule has 0 aliphatic heterocycles. The van der Waals surface area contributed by atoms with E-state index in [0.717, 1.165) is 12.8 Å². The molecule has 9 nitrogen and oxygen atoms in total. The quantitative estimate of drug-likeness (QED) is 0.339.